The normalized spacial score (nSPS) is 12.6. The molecule has 0 saturated carbocycles. The lowest BCUT2D eigenvalue weighted by Crippen LogP contribution is -2.08. The van der Waals surface area contributed by atoms with Crippen LogP contribution in [-0.2, 0) is 16.0 Å². The van der Waals surface area contributed by atoms with Gasteiger partial charge in [-0.3, -0.25) is 4.79 Å². The smallest absolute Gasteiger partial charge is 0.328 e. The molecule has 0 fully saturated rings. The van der Waals surface area contributed by atoms with Crippen LogP contribution in [0.25, 0.3) is 0 Å². The Morgan fingerprint density at radius 3 is 2.31 bits per heavy atom. The van der Waals surface area contributed by atoms with Gasteiger partial charge < -0.3 is 4.74 Å². The molecular formula is C13H17ClO2. The maximum absolute atomic E-state index is 11.2. The summed E-state index contributed by atoms with van der Waals surface area (Å²) in [6.07, 6.45) is 1.03. The molecule has 0 aliphatic heterocycles. The molecule has 0 bridgehead atoms. The highest BCUT2D eigenvalue weighted by Gasteiger charge is 2.17. The van der Waals surface area contributed by atoms with Crippen LogP contribution in [0.15, 0.2) is 24.3 Å². The zero-order chi connectivity index (χ0) is 12.1. The summed E-state index contributed by atoms with van der Waals surface area (Å²) in [4.78, 5) is 11.2. The first-order valence-electron chi connectivity index (χ1n) is 5.35. The molecule has 0 aliphatic carbocycles. The largest absolute Gasteiger partial charge is 0.468 e. The molecule has 16 heavy (non-hydrogen) atoms. The predicted molar refractivity (Wildman–Crippen MR) is 65.6 cm³/mol. The topological polar surface area (TPSA) is 26.3 Å². The van der Waals surface area contributed by atoms with Crippen molar-refractivity contribution in [1.82, 2.24) is 0 Å². The fourth-order valence-corrected chi connectivity index (χ4v) is 1.77. The van der Waals surface area contributed by atoms with Crippen molar-refractivity contribution in [2.75, 3.05) is 7.11 Å². The van der Waals surface area contributed by atoms with Crippen molar-refractivity contribution in [2.45, 2.75) is 25.6 Å². The molecule has 1 atom stereocenters. The Morgan fingerprint density at radius 2 is 1.88 bits per heavy atom. The SMILES string of the molecule is COC(=O)C(Cl)c1ccc(CC(C)C)cc1. The number of benzene rings is 1. The van der Waals surface area contributed by atoms with Crippen LogP contribution in [0.4, 0.5) is 0 Å². The van der Waals surface area contributed by atoms with E-state index in [9.17, 15) is 4.79 Å². The van der Waals surface area contributed by atoms with E-state index in [-0.39, 0.29) is 0 Å². The van der Waals surface area contributed by atoms with Gasteiger partial charge in [0.25, 0.3) is 0 Å². The molecule has 0 radical (unpaired) electrons. The van der Waals surface area contributed by atoms with Crippen LogP contribution in [0.3, 0.4) is 0 Å². The van der Waals surface area contributed by atoms with Crippen molar-refractivity contribution < 1.29 is 9.53 Å². The molecule has 1 unspecified atom stereocenters. The first kappa shape index (κ1) is 13.0. The second-order valence-corrected chi connectivity index (χ2v) is 4.66. The molecule has 0 spiro atoms. The van der Waals surface area contributed by atoms with Gasteiger partial charge in [0.1, 0.15) is 0 Å². The number of ether oxygens (including phenoxy) is 1. The Labute approximate surface area is 102 Å². The summed E-state index contributed by atoms with van der Waals surface area (Å²) in [7, 11) is 1.34. The van der Waals surface area contributed by atoms with E-state index in [0.29, 0.717) is 5.92 Å². The molecule has 88 valence electrons. The lowest BCUT2D eigenvalue weighted by molar-refractivity contribution is -0.140. The highest BCUT2D eigenvalue weighted by molar-refractivity contribution is 6.29. The van der Waals surface area contributed by atoms with Gasteiger partial charge in [-0.2, -0.15) is 0 Å². The maximum atomic E-state index is 11.2. The van der Waals surface area contributed by atoms with Crippen molar-refractivity contribution >= 4 is 17.6 Å². The first-order valence-corrected chi connectivity index (χ1v) is 5.79. The van der Waals surface area contributed by atoms with Gasteiger partial charge in [-0.05, 0) is 23.5 Å². The van der Waals surface area contributed by atoms with Crippen molar-refractivity contribution in [2.24, 2.45) is 5.92 Å². The predicted octanol–water partition coefficient (Wildman–Crippen LogP) is 3.34. The summed E-state index contributed by atoms with van der Waals surface area (Å²) >= 11 is 5.94. The number of carbonyl (C=O) groups is 1. The zero-order valence-electron chi connectivity index (χ0n) is 9.87. The number of alkyl halides is 1. The van der Waals surface area contributed by atoms with E-state index in [1.54, 1.807) is 0 Å². The molecule has 2 nitrogen and oxygen atoms in total. The molecule has 1 rings (SSSR count). The van der Waals surface area contributed by atoms with Gasteiger partial charge >= 0.3 is 5.97 Å². The number of hydrogen-bond donors (Lipinski definition) is 0. The number of esters is 1. The van der Waals surface area contributed by atoms with Crippen molar-refractivity contribution in [3.8, 4) is 0 Å². The van der Waals surface area contributed by atoms with Crippen LogP contribution in [-0.4, -0.2) is 13.1 Å². The third kappa shape index (κ3) is 3.53. The Bertz CT molecular complexity index is 343. The van der Waals surface area contributed by atoms with Gasteiger partial charge in [-0.1, -0.05) is 38.1 Å². The third-order valence-corrected chi connectivity index (χ3v) is 2.75. The molecular weight excluding hydrogens is 224 g/mol. The summed E-state index contributed by atoms with van der Waals surface area (Å²) < 4.78 is 4.59. The van der Waals surface area contributed by atoms with E-state index in [0.717, 1.165) is 12.0 Å². The third-order valence-electron chi connectivity index (χ3n) is 2.32. The van der Waals surface area contributed by atoms with Gasteiger partial charge in [0.05, 0.1) is 7.11 Å². The molecule has 3 heteroatoms. The minimum atomic E-state index is -0.710. The summed E-state index contributed by atoms with van der Waals surface area (Å²) in [6, 6.07) is 7.78. The zero-order valence-corrected chi connectivity index (χ0v) is 10.6. The maximum Gasteiger partial charge on any atom is 0.328 e. The van der Waals surface area contributed by atoms with E-state index >= 15 is 0 Å². The van der Waals surface area contributed by atoms with Crippen LogP contribution >= 0.6 is 11.6 Å². The van der Waals surface area contributed by atoms with Gasteiger partial charge in [-0.15, -0.1) is 11.6 Å². The molecule has 1 aromatic carbocycles. The Morgan fingerprint density at radius 1 is 1.31 bits per heavy atom. The second kappa shape index (κ2) is 5.90. The van der Waals surface area contributed by atoms with Crippen LogP contribution in [0.1, 0.15) is 30.4 Å². The van der Waals surface area contributed by atoms with Crippen LogP contribution in [0.5, 0.6) is 0 Å². The van der Waals surface area contributed by atoms with Crippen molar-refractivity contribution in [3.63, 3.8) is 0 Å². The van der Waals surface area contributed by atoms with Gasteiger partial charge in [0.2, 0.25) is 0 Å². The Kier molecular flexibility index (Phi) is 4.81. The number of halogens is 1. The average Bonchev–Trinajstić information content (AvgIpc) is 2.27. The number of rotatable bonds is 4. The quantitative estimate of drug-likeness (QED) is 0.596. The molecule has 0 N–H and O–H groups in total. The van der Waals surface area contributed by atoms with E-state index in [1.807, 2.05) is 24.3 Å². The van der Waals surface area contributed by atoms with E-state index in [4.69, 9.17) is 11.6 Å². The molecule has 1 aromatic rings. The number of hydrogen-bond acceptors (Lipinski definition) is 2. The molecule has 0 aliphatic rings. The van der Waals surface area contributed by atoms with E-state index in [2.05, 4.69) is 18.6 Å². The van der Waals surface area contributed by atoms with Crippen molar-refractivity contribution in [1.29, 1.82) is 0 Å². The Hall–Kier alpha value is -1.02. The average molecular weight is 241 g/mol. The van der Waals surface area contributed by atoms with Gasteiger partial charge in [-0.25, -0.2) is 0 Å². The standard InChI is InChI=1S/C13H17ClO2/c1-9(2)8-10-4-6-11(7-5-10)12(14)13(15)16-3/h4-7,9,12H,8H2,1-3H3. The number of methoxy groups -OCH3 is 1. The van der Waals surface area contributed by atoms with Crippen LogP contribution < -0.4 is 0 Å². The first-order chi connectivity index (χ1) is 7.54. The van der Waals surface area contributed by atoms with Crippen LogP contribution in [0, 0.1) is 5.92 Å². The second-order valence-electron chi connectivity index (χ2n) is 4.23. The summed E-state index contributed by atoms with van der Waals surface area (Å²) in [5, 5.41) is -0.710. The minimum absolute atomic E-state index is 0.418. The fraction of sp³-hybridized carbons (Fsp3) is 0.462. The highest BCUT2D eigenvalue weighted by atomic mass is 35.5. The molecule has 0 amide bonds. The molecule has 0 saturated heterocycles. The Balaban J connectivity index is 2.74. The lowest BCUT2D eigenvalue weighted by Gasteiger charge is -2.09. The monoisotopic (exact) mass is 240 g/mol. The van der Waals surface area contributed by atoms with Crippen LogP contribution in [0.2, 0.25) is 0 Å². The lowest BCUT2D eigenvalue weighted by atomic mass is 10.0. The van der Waals surface area contributed by atoms with E-state index in [1.165, 1.54) is 12.7 Å². The van der Waals surface area contributed by atoms with Gasteiger partial charge in [0.15, 0.2) is 5.38 Å². The van der Waals surface area contributed by atoms with Gasteiger partial charge in [0, 0.05) is 0 Å². The number of carbonyl (C=O) groups excluding carboxylic acids is 1. The van der Waals surface area contributed by atoms with Crippen molar-refractivity contribution in [3.05, 3.63) is 35.4 Å². The fourth-order valence-electron chi connectivity index (χ4n) is 1.53. The molecule has 0 aromatic heterocycles. The minimum Gasteiger partial charge on any atom is -0.468 e. The van der Waals surface area contributed by atoms with E-state index < -0.39 is 11.3 Å². The molecule has 0 heterocycles. The summed E-state index contributed by atoms with van der Waals surface area (Å²) in [6.45, 7) is 4.35. The highest BCUT2D eigenvalue weighted by Crippen LogP contribution is 2.22. The summed E-state index contributed by atoms with van der Waals surface area (Å²) in [5.74, 6) is 0.205. The summed E-state index contributed by atoms with van der Waals surface area (Å²) in [5.41, 5.74) is 2.04.